The molecule has 2 amide bonds. The van der Waals surface area contributed by atoms with Gasteiger partial charge in [0, 0.05) is 18.7 Å². The quantitative estimate of drug-likeness (QED) is 0.790. The molecule has 1 aliphatic heterocycles. The van der Waals surface area contributed by atoms with Gasteiger partial charge in [0.15, 0.2) is 0 Å². The zero-order valence-electron chi connectivity index (χ0n) is 13.2. The van der Waals surface area contributed by atoms with Gasteiger partial charge in [-0.15, -0.1) is 11.8 Å². The normalized spacial score (nSPS) is 28.2. The van der Waals surface area contributed by atoms with Crippen molar-refractivity contribution in [2.24, 2.45) is 5.92 Å². The summed E-state index contributed by atoms with van der Waals surface area (Å²) in [6.45, 7) is 3.84. The van der Waals surface area contributed by atoms with Gasteiger partial charge in [-0.3, -0.25) is 14.6 Å². The van der Waals surface area contributed by atoms with E-state index in [0.717, 1.165) is 25.7 Å². The van der Waals surface area contributed by atoms with Crippen LogP contribution in [0, 0.1) is 17.2 Å². The van der Waals surface area contributed by atoms with Crippen LogP contribution in [0.1, 0.15) is 39.5 Å². The van der Waals surface area contributed by atoms with Crippen molar-refractivity contribution < 1.29 is 9.59 Å². The number of nitrogens with one attached hydrogen (secondary N) is 1. The minimum atomic E-state index is -0.347. The van der Waals surface area contributed by atoms with E-state index in [1.807, 2.05) is 0 Å². The van der Waals surface area contributed by atoms with Gasteiger partial charge in [0.25, 0.3) is 0 Å². The van der Waals surface area contributed by atoms with Crippen LogP contribution < -0.4 is 5.43 Å². The summed E-state index contributed by atoms with van der Waals surface area (Å²) in [6, 6.07) is 1.97. The van der Waals surface area contributed by atoms with Crippen LogP contribution in [0.5, 0.6) is 0 Å². The number of carbonyl (C=O) groups excluding carboxylic acids is 2. The highest BCUT2D eigenvalue weighted by atomic mass is 32.2. The second kappa shape index (κ2) is 7.84. The predicted molar refractivity (Wildman–Crippen MR) is 85.5 cm³/mol. The van der Waals surface area contributed by atoms with Crippen molar-refractivity contribution in [3.63, 3.8) is 0 Å². The van der Waals surface area contributed by atoms with Gasteiger partial charge in [-0.05, 0) is 31.6 Å². The second-order valence-electron chi connectivity index (χ2n) is 6.15. The Bertz CT molecular complexity index is 457. The molecule has 1 saturated heterocycles. The van der Waals surface area contributed by atoms with Crippen LogP contribution in [0.2, 0.25) is 0 Å². The summed E-state index contributed by atoms with van der Waals surface area (Å²) in [5, 5.41) is 10.7. The van der Waals surface area contributed by atoms with E-state index in [4.69, 9.17) is 5.26 Å². The lowest BCUT2D eigenvalue weighted by Crippen LogP contribution is -2.53. The Labute approximate surface area is 136 Å². The maximum absolute atomic E-state index is 12.2. The lowest BCUT2D eigenvalue weighted by molar-refractivity contribution is -0.138. The largest absolute Gasteiger partial charge is 0.315 e. The predicted octanol–water partition coefficient (Wildman–Crippen LogP) is 1.34. The highest BCUT2D eigenvalue weighted by Gasteiger charge is 2.30. The summed E-state index contributed by atoms with van der Waals surface area (Å²) in [5.74, 6) is 1.76. The number of hydrogen-bond acceptors (Lipinski definition) is 5. The molecule has 1 unspecified atom stereocenters. The molecule has 6 nitrogen and oxygen atoms in total. The van der Waals surface area contributed by atoms with Crippen molar-refractivity contribution >= 4 is 23.6 Å². The van der Waals surface area contributed by atoms with Crippen molar-refractivity contribution in [1.82, 2.24) is 15.3 Å². The minimum absolute atomic E-state index is 0.0556. The molecule has 0 aromatic rings. The fourth-order valence-corrected chi connectivity index (χ4v) is 4.15. The highest BCUT2D eigenvalue weighted by Crippen LogP contribution is 2.26. The van der Waals surface area contributed by atoms with Crippen LogP contribution in [-0.2, 0) is 9.59 Å². The van der Waals surface area contributed by atoms with Crippen LogP contribution in [-0.4, -0.2) is 52.0 Å². The number of hydrazine groups is 1. The van der Waals surface area contributed by atoms with Crippen LogP contribution >= 0.6 is 11.8 Å². The van der Waals surface area contributed by atoms with E-state index >= 15 is 0 Å². The second-order valence-corrected chi connectivity index (χ2v) is 7.15. The van der Waals surface area contributed by atoms with E-state index in [0.29, 0.717) is 17.5 Å². The van der Waals surface area contributed by atoms with Crippen molar-refractivity contribution in [2.45, 2.75) is 51.6 Å². The smallest absolute Gasteiger partial charge is 0.240 e. The molecule has 0 aromatic heterocycles. The standard InChI is InChI=1S/C15H24N4O2S/c1-11-3-5-13(6-4-11)19(12(2)20)17-8-15(21)18-10-22-9-14(18)7-16/h11,13-14,17H,3-6,8-10H2,1-2H3. The highest BCUT2D eigenvalue weighted by molar-refractivity contribution is 7.99. The Balaban J connectivity index is 1.88. The maximum atomic E-state index is 12.2. The summed E-state index contributed by atoms with van der Waals surface area (Å²) in [4.78, 5) is 25.7. The number of nitriles is 1. The molecule has 1 heterocycles. The number of amides is 2. The van der Waals surface area contributed by atoms with Gasteiger partial charge >= 0.3 is 0 Å². The van der Waals surface area contributed by atoms with Gasteiger partial charge in [0.1, 0.15) is 6.04 Å². The Morgan fingerprint density at radius 1 is 1.36 bits per heavy atom. The van der Waals surface area contributed by atoms with Gasteiger partial charge in [0.2, 0.25) is 11.8 Å². The molecule has 0 radical (unpaired) electrons. The first-order valence-corrected chi connectivity index (χ1v) is 8.98. The lowest BCUT2D eigenvalue weighted by atomic mass is 9.87. The fourth-order valence-electron chi connectivity index (χ4n) is 3.05. The Hall–Kier alpha value is -1.26. The molecular weight excluding hydrogens is 300 g/mol. The van der Waals surface area contributed by atoms with E-state index in [1.54, 1.807) is 21.7 Å². The third-order valence-electron chi connectivity index (χ3n) is 4.44. The molecule has 2 rings (SSSR count). The molecule has 2 fully saturated rings. The number of thioether (sulfide) groups is 1. The zero-order chi connectivity index (χ0) is 16.1. The average Bonchev–Trinajstić information content (AvgIpc) is 2.97. The molecule has 122 valence electrons. The maximum Gasteiger partial charge on any atom is 0.240 e. The van der Waals surface area contributed by atoms with Gasteiger partial charge in [-0.1, -0.05) is 6.92 Å². The molecule has 1 saturated carbocycles. The van der Waals surface area contributed by atoms with E-state index in [9.17, 15) is 9.59 Å². The molecule has 1 atom stereocenters. The summed E-state index contributed by atoms with van der Waals surface area (Å²) in [5.41, 5.74) is 3.00. The van der Waals surface area contributed by atoms with Gasteiger partial charge < -0.3 is 4.90 Å². The fraction of sp³-hybridized carbons (Fsp3) is 0.800. The molecule has 2 aliphatic rings. The van der Waals surface area contributed by atoms with E-state index < -0.39 is 0 Å². The van der Waals surface area contributed by atoms with E-state index in [-0.39, 0.29) is 30.4 Å². The molecule has 0 aromatic carbocycles. The van der Waals surface area contributed by atoms with Crippen LogP contribution in [0.15, 0.2) is 0 Å². The van der Waals surface area contributed by atoms with Crippen LogP contribution in [0.25, 0.3) is 0 Å². The number of nitrogens with zero attached hydrogens (tertiary/aromatic N) is 3. The molecule has 0 bridgehead atoms. The minimum Gasteiger partial charge on any atom is -0.315 e. The van der Waals surface area contributed by atoms with Crippen LogP contribution in [0.4, 0.5) is 0 Å². The monoisotopic (exact) mass is 324 g/mol. The van der Waals surface area contributed by atoms with Crippen molar-refractivity contribution in [1.29, 1.82) is 5.26 Å². The third kappa shape index (κ3) is 4.14. The lowest BCUT2D eigenvalue weighted by Gasteiger charge is -2.36. The van der Waals surface area contributed by atoms with Gasteiger partial charge in [-0.2, -0.15) is 5.26 Å². The molecule has 1 aliphatic carbocycles. The van der Waals surface area contributed by atoms with Crippen LogP contribution in [0.3, 0.4) is 0 Å². The summed E-state index contributed by atoms with van der Waals surface area (Å²) in [6.07, 6.45) is 4.18. The Morgan fingerprint density at radius 3 is 2.64 bits per heavy atom. The van der Waals surface area contributed by atoms with E-state index in [2.05, 4.69) is 18.4 Å². The first-order chi connectivity index (χ1) is 10.5. The summed E-state index contributed by atoms with van der Waals surface area (Å²) >= 11 is 1.59. The van der Waals surface area contributed by atoms with Crippen molar-refractivity contribution in [3.8, 4) is 6.07 Å². The first-order valence-electron chi connectivity index (χ1n) is 7.83. The topological polar surface area (TPSA) is 76.4 Å². The zero-order valence-corrected chi connectivity index (χ0v) is 14.1. The molecule has 1 N–H and O–H groups in total. The molecule has 0 spiro atoms. The Morgan fingerprint density at radius 2 is 2.05 bits per heavy atom. The van der Waals surface area contributed by atoms with Gasteiger partial charge in [0.05, 0.1) is 18.5 Å². The SMILES string of the molecule is CC(=O)N(NCC(=O)N1CSCC1C#N)C1CCC(C)CC1. The van der Waals surface area contributed by atoms with Crippen molar-refractivity contribution in [3.05, 3.63) is 0 Å². The molecule has 22 heavy (non-hydrogen) atoms. The molecule has 7 heteroatoms. The third-order valence-corrected chi connectivity index (χ3v) is 5.45. The molecular formula is C15H24N4O2S. The number of rotatable bonds is 4. The average molecular weight is 324 g/mol. The Kier molecular flexibility index (Phi) is 6.09. The van der Waals surface area contributed by atoms with Gasteiger partial charge in [-0.25, -0.2) is 5.43 Å². The van der Waals surface area contributed by atoms with Crippen molar-refractivity contribution in [2.75, 3.05) is 18.2 Å². The summed E-state index contributed by atoms with van der Waals surface area (Å²) in [7, 11) is 0. The number of carbonyl (C=O) groups is 2. The van der Waals surface area contributed by atoms with E-state index in [1.165, 1.54) is 6.92 Å². The number of hydrogen-bond donors (Lipinski definition) is 1. The first kappa shape index (κ1) is 17.1. The summed E-state index contributed by atoms with van der Waals surface area (Å²) < 4.78 is 0.